The summed E-state index contributed by atoms with van der Waals surface area (Å²) in [4.78, 5) is 12.0. The SMILES string of the molecule is Nc1cc(F)cc(C(=O)N[C@H](CO)c2ccccc2)c1F. The summed E-state index contributed by atoms with van der Waals surface area (Å²) < 4.78 is 27.0. The third-order valence-corrected chi connectivity index (χ3v) is 3.00. The Bertz CT molecular complexity index is 648. The van der Waals surface area contributed by atoms with Crippen LogP contribution in [0.2, 0.25) is 0 Å². The standard InChI is InChI=1S/C15H14F2N2O2/c16-10-6-11(14(17)12(18)7-10)15(21)19-13(8-20)9-4-2-1-3-5-9/h1-7,13,20H,8,18H2,(H,19,21)/t13-/m1/s1. The van der Waals surface area contributed by atoms with Gasteiger partial charge in [0.15, 0.2) is 5.82 Å². The van der Waals surface area contributed by atoms with Crippen LogP contribution in [0.25, 0.3) is 0 Å². The molecule has 0 heterocycles. The first-order chi connectivity index (χ1) is 10.0. The number of nitrogen functional groups attached to an aromatic ring is 1. The molecule has 0 aliphatic carbocycles. The van der Waals surface area contributed by atoms with E-state index in [4.69, 9.17) is 5.73 Å². The van der Waals surface area contributed by atoms with E-state index in [0.29, 0.717) is 5.56 Å². The molecule has 0 unspecified atom stereocenters. The molecule has 4 nitrogen and oxygen atoms in total. The van der Waals surface area contributed by atoms with E-state index in [1.54, 1.807) is 30.3 Å². The topological polar surface area (TPSA) is 75.4 Å². The summed E-state index contributed by atoms with van der Waals surface area (Å²) in [5.74, 6) is -2.64. The maximum atomic E-state index is 13.8. The second kappa shape index (κ2) is 6.32. The monoisotopic (exact) mass is 292 g/mol. The van der Waals surface area contributed by atoms with Gasteiger partial charge < -0.3 is 16.2 Å². The highest BCUT2D eigenvalue weighted by Crippen LogP contribution is 2.19. The van der Waals surface area contributed by atoms with Crippen molar-refractivity contribution < 1.29 is 18.7 Å². The average molecular weight is 292 g/mol. The highest BCUT2D eigenvalue weighted by atomic mass is 19.1. The van der Waals surface area contributed by atoms with Crippen LogP contribution in [0, 0.1) is 11.6 Å². The van der Waals surface area contributed by atoms with Gasteiger partial charge in [0, 0.05) is 0 Å². The zero-order valence-electron chi connectivity index (χ0n) is 11.0. The molecule has 0 saturated heterocycles. The van der Waals surface area contributed by atoms with Gasteiger partial charge in [-0.1, -0.05) is 30.3 Å². The van der Waals surface area contributed by atoms with Gasteiger partial charge in [0.05, 0.1) is 23.9 Å². The summed E-state index contributed by atoms with van der Waals surface area (Å²) >= 11 is 0. The summed E-state index contributed by atoms with van der Waals surface area (Å²) in [6.07, 6.45) is 0. The lowest BCUT2D eigenvalue weighted by molar-refractivity contribution is 0.0911. The van der Waals surface area contributed by atoms with Gasteiger partial charge in [0.2, 0.25) is 0 Å². The molecule has 2 rings (SSSR count). The zero-order valence-corrected chi connectivity index (χ0v) is 11.0. The third kappa shape index (κ3) is 3.35. The molecule has 21 heavy (non-hydrogen) atoms. The van der Waals surface area contributed by atoms with Crippen LogP contribution < -0.4 is 11.1 Å². The fourth-order valence-corrected chi connectivity index (χ4v) is 1.93. The number of hydrogen-bond donors (Lipinski definition) is 3. The molecule has 1 amide bonds. The van der Waals surface area contributed by atoms with Crippen LogP contribution in [0.15, 0.2) is 42.5 Å². The Balaban J connectivity index is 2.25. The van der Waals surface area contributed by atoms with E-state index >= 15 is 0 Å². The zero-order chi connectivity index (χ0) is 15.4. The van der Waals surface area contributed by atoms with Crippen LogP contribution >= 0.6 is 0 Å². The van der Waals surface area contributed by atoms with Crippen LogP contribution in [-0.4, -0.2) is 17.6 Å². The first kappa shape index (κ1) is 14.9. The molecule has 0 spiro atoms. The minimum absolute atomic E-state index is 0.373. The van der Waals surface area contributed by atoms with Crippen molar-refractivity contribution in [1.82, 2.24) is 5.32 Å². The van der Waals surface area contributed by atoms with E-state index in [2.05, 4.69) is 5.32 Å². The van der Waals surface area contributed by atoms with Gasteiger partial charge in [0.1, 0.15) is 5.82 Å². The molecule has 2 aromatic carbocycles. The minimum Gasteiger partial charge on any atom is -0.396 e. The molecule has 110 valence electrons. The third-order valence-electron chi connectivity index (χ3n) is 3.00. The number of rotatable bonds is 4. The Morgan fingerprint density at radius 3 is 2.52 bits per heavy atom. The van der Waals surface area contributed by atoms with Crippen LogP contribution in [0.1, 0.15) is 22.0 Å². The van der Waals surface area contributed by atoms with Gasteiger partial charge in [-0.15, -0.1) is 0 Å². The summed E-state index contributed by atoms with van der Waals surface area (Å²) in [5.41, 5.74) is 5.00. The van der Waals surface area contributed by atoms with E-state index in [-0.39, 0.29) is 6.61 Å². The average Bonchev–Trinajstić information content (AvgIpc) is 2.49. The number of carbonyl (C=O) groups excluding carboxylic acids is 1. The summed E-state index contributed by atoms with van der Waals surface area (Å²) in [6.45, 7) is -0.373. The Kier molecular flexibility index (Phi) is 4.49. The molecule has 0 bridgehead atoms. The first-order valence-corrected chi connectivity index (χ1v) is 6.24. The van der Waals surface area contributed by atoms with Gasteiger partial charge in [-0.3, -0.25) is 4.79 Å². The summed E-state index contributed by atoms with van der Waals surface area (Å²) in [7, 11) is 0. The second-order valence-corrected chi connectivity index (χ2v) is 4.48. The molecule has 4 N–H and O–H groups in total. The molecule has 0 aliphatic rings. The fraction of sp³-hybridized carbons (Fsp3) is 0.133. The van der Waals surface area contributed by atoms with Gasteiger partial charge in [-0.05, 0) is 17.7 Å². The summed E-state index contributed by atoms with van der Waals surface area (Å²) in [5, 5.41) is 11.8. The number of nitrogens with two attached hydrogens (primary N) is 1. The molecular formula is C15H14F2N2O2. The minimum atomic E-state index is -0.987. The van der Waals surface area contributed by atoms with E-state index in [1.165, 1.54) is 0 Å². The van der Waals surface area contributed by atoms with Crippen molar-refractivity contribution in [3.63, 3.8) is 0 Å². The van der Waals surface area contributed by atoms with Crippen molar-refractivity contribution in [2.75, 3.05) is 12.3 Å². The van der Waals surface area contributed by atoms with Crippen molar-refractivity contribution in [2.24, 2.45) is 0 Å². The molecule has 1 atom stereocenters. The van der Waals surface area contributed by atoms with Crippen LogP contribution in [-0.2, 0) is 0 Å². The normalized spacial score (nSPS) is 12.0. The van der Waals surface area contributed by atoms with Gasteiger partial charge in [-0.2, -0.15) is 0 Å². The van der Waals surface area contributed by atoms with Crippen molar-refractivity contribution in [1.29, 1.82) is 0 Å². The Hall–Kier alpha value is -2.47. The lowest BCUT2D eigenvalue weighted by Gasteiger charge is -2.17. The van der Waals surface area contributed by atoms with E-state index in [1.807, 2.05) is 0 Å². The Morgan fingerprint density at radius 2 is 1.90 bits per heavy atom. The summed E-state index contributed by atoms with van der Waals surface area (Å²) in [6, 6.07) is 9.52. The van der Waals surface area contributed by atoms with Crippen molar-refractivity contribution in [2.45, 2.75) is 6.04 Å². The van der Waals surface area contributed by atoms with Crippen molar-refractivity contribution >= 4 is 11.6 Å². The molecule has 6 heteroatoms. The maximum absolute atomic E-state index is 13.8. The maximum Gasteiger partial charge on any atom is 0.255 e. The first-order valence-electron chi connectivity index (χ1n) is 6.24. The smallest absolute Gasteiger partial charge is 0.255 e. The predicted octanol–water partition coefficient (Wildman–Crippen LogP) is 2.01. The van der Waals surface area contributed by atoms with E-state index in [0.717, 1.165) is 12.1 Å². The van der Waals surface area contributed by atoms with E-state index < -0.39 is 34.8 Å². The van der Waals surface area contributed by atoms with Gasteiger partial charge >= 0.3 is 0 Å². The lowest BCUT2D eigenvalue weighted by atomic mass is 10.1. The van der Waals surface area contributed by atoms with Crippen LogP contribution in [0.5, 0.6) is 0 Å². The quantitative estimate of drug-likeness (QED) is 0.755. The highest BCUT2D eigenvalue weighted by molar-refractivity contribution is 5.95. The number of amides is 1. The predicted molar refractivity (Wildman–Crippen MR) is 74.5 cm³/mol. The largest absolute Gasteiger partial charge is 0.396 e. The van der Waals surface area contributed by atoms with Gasteiger partial charge in [-0.25, -0.2) is 8.78 Å². The number of hydrogen-bond acceptors (Lipinski definition) is 3. The number of carbonyl (C=O) groups is 1. The van der Waals surface area contributed by atoms with Crippen LogP contribution in [0.3, 0.4) is 0 Å². The Labute approximate surface area is 120 Å². The highest BCUT2D eigenvalue weighted by Gasteiger charge is 2.20. The number of aliphatic hydroxyl groups is 1. The van der Waals surface area contributed by atoms with E-state index in [9.17, 15) is 18.7 Å². The van der Waals surface area contributed by atoms with Crippen LogP contribution in [0.4, 0.5) is 14.5 Å². The molecule has 0 fully saturated rings. The number of aliphatic hydroxyl groups excluding tert-OH is 1. The lowest BCUT2D eigenvalue weighted by Crippen LogP contribution is -2.31. The molecule has 0 aromatic heterocycles. The van der Waals surface area contributed by atoms with Crippen molar-refractivity contribution in [3.05, 3.63) is 65.2 Å². The molecule has 0 radical (unpaired) electrons. The van der Waals surface area contributed by atoms with Gasteiger partial charge in [0.25, 0.3) is 5.91 Å². The number of nitrogens with one attached hydrogen (secondary N) is 1. The molecule has 0 saturated carbocycles. The molecular weight excluding hydrogens is 278 g/mol. The molecule has 2 aromatic rings. The second-order valence-electron chi connectivity index (χ2n) is 4.48. The number of halogens is 2. The van der Waals surface area contributed by atoms with Crippen molar-refractivity contribution in [3.8, 4) is 0 Å². The fourth-order valence-electron chi connectivity index (χ4n) is 1.93. The Morgan fingerprint density at radius 1 is 1.24 bits per heavy atom. The number of anilines is 1. The number of benzene rings is 2. The molecule has 0 aliphatic heterocycles.